The maximum Gasteiger partial charge on any atom is 0.264 e. The average molecular weight is 380 g/mol. The molecule has 3 N–H and O–H groups in total. The Hall–Kier alpha value is -1.31. The Morgan fingerprint density at radius 1 is 1.20 bits per heavy atom. The number of anilines is 2. The van der Waals surface area contributed by atoms with Crippen molar-refractivity contribution < 1.29 is 12.8 Å². The highest BCUT2D eigenvalue weighted by Gasteiger charge is 2.19. The molecule has 0 aromatic heterocycles. The van der Waals surface area contributed by atoms with E-state index in [2.05, 4.69) is 20.7 Å². The molecule has 2 aromatic carbocycles. The highest BCUT2D eigenvalue weighted by Crippen LogP contribution is 2.27. The van der Waals surface area contributed by atoms with Crippen LogP contribution in [-0.4, -0.2) is 8.42 Å². The minimum atomic E-state index is -4.08. The lowest BCUT2D eigenvalue weighted by Gasteiger charge is -2.10. The van der Waals surface area contributed by atoms with Crippen LogP contribution in [0.1, 0.15) is 0 Å². The van der Waals surface area contributed by atoms with Crippen LogP contribution in [0.25, 0.3) is 0 Å². The first-order chi connectivity index (χ1) is 9.29. The Morgan fingerprint density at radius 3 is 2.55 bits per heavy atom. The van der Waals surface area contributed by atoms with Gasteiger partial charge in [0.25, 0.3) is 10.0 Å². The summed E-state index contributed by atoms with van der Waals surface area (Å²) in [7, 11) is -4.08. The quantitative estimate of drug-likeness (QED) is 0.800. The number of benzene rings is 2. The SMILES string of the molecule is Nc1ccc(F)c(S(=O)(=O)Nc2ccc(Br)c(Cl)c2)c1. The number of nitrogens with two attached hydrogens (primary N) is 1. The minimum Gasteiger partial charge on any atom is -0.399 e. The molecule has 8 heteroatoms. The van der Waals surface area contributed by atoms with Gasteiger partial charge in [-0.05, 0) is 52.3 Å². The number of halogens is 3. The van der Waals surface area contributed by atoms with Crippen molar-refractivity contribution in [2.45, 2.75) is 4.90 Å². The Kier molecular flexibility index (Phi) is 4.22. The van der Waals surface area contributed by atoms with Crippen molar-refractivity contribution in [1.82, 2.24) is 0 Å². The fourth-order valence-corrected chi connectivity index (χ4v) is 3.09. The Balaban J connectivity index is 2.40. The maximum atomic E-state index is 13.6. The van der Waals surface area contributed by atoms with Crippen LogP contribution in [0.5, 0.6) is 0 Å². The molecule has 0 radical (unpaired) electrons. The molecule has 0 saturated carbocycles. The molecule has 20 heavy (non-hydrogen) atoms. The van der Waals surface area contributed by atoms with Crippen molar-refractivity contribution in [3.8, 4) is 0 Å². The van der Waals surface area contributed by atoms with Gasteiger partial charge in [-0.25, -0.2) is 12.8 Å². The van der Waals surface area contributed by atoms with Crippen molar-refractivity contribution in [2.75, 3.05) is 10.5 Å². The molecule has 0 unspecified atom stereocenters. The zero-order valence-corrected chi connectivity index (χ0v) is 13.1. The maximum absolute atomic E-state index is 13.6. The van der Waals surface area contributed by atoms with Crippen LogP contribution in [-0.2, 0) is 10.0 Å². The zero-order chi connectivity index (χ0) is 14.9. The van der Waals surface area contributed by atoms with Gasteiger partial charge in [0.2, 0.25) is 0 Å². The van der Waals surface area contributed by atoms with E-state index in [9.17, 15) is 12.8 Å². The largest absolute Gasteiger partial charge is 0.399 e. The third kappa shape index (κ3) is 3.23. The topological polar surface area (TPSA) is 72.2 Å². The molecule has 106 valence electrons. The molecule has 0 aliphatic rings. The molecule has 0 spiro atoms. The third-order valence-corrected chi connectivity index (χ3v) is 5.05. The van der Waals surface area contributed by atoms with Crippen LogP contribution in [0, 0.1) is 5.82 Å². The van der Waals surface area contributed by atoms with E-state index in [1.807, 2.05) is 0 Å². The van der Waals surface area contributed by atoms with Crippen molar-refractivity contribution in [1.29, 1.82) is 0 Å². The summed E-state index contributed by atoms with van der Waals surface area (Å²) in [5.74, 6) is -0.880. The number of rotatable bonds is 3. The molecule has 0 aliphatic carbocycles. The summed E-state index contributed by atoms with van der Waals surface area (Å²) in [6.07, 6.45) is 0. The van der Waals surface area contributed by atoms with Gasteiger partial charge in [-0.15, -0.1) is 0 Å². The summed E-state index contributed by atoms with van der Waals surface area (Å²) in [4.78, 5) is -0.517. The number of nitrogen functional groups attached to an aromatic ring is 1. The van der Waals surface area contributed by atoms with Crippen LogP contribution in [0.3, 0.4) is 0 Å². The summed E-state index contributed by atoms with van der Waals surface area (Å²) < 4.78 is 40.7. The van der Waals surface area contributed by atoms with Gasteiger partial charge in [-0.3, -0.25) is 4.72 Å². The Morgan fingerprint density at radius 2 is 1.90 bits per heavy atom. The van der Waals surface area contributed by atoms with Crippen LogP contribution < -0.4 is 10.5 Å². The van der Waals surface area contributed by atoms with Crippen molar-refractivity contribution in [2.24, 2.45) is 0 Å². The summed E-state index contributed by atoms with van der Waals surface area (Å²) in [6.45, 7) is 0. The van der Waals surface area contributed by atoms with E-state index < -0.39 is 20.7 Å². The highest BCUT2D eigenvalue weighted by molar-refractivity contribution is 9.10. The van der Waals surface area contributed by atoms with Gasteiger partial charge in [-0.1, -0.05) is 11.6 Å². The van der Waals surface area contributed by atoms with Gasteiger partial charge in [0.15, 0.2) is 0 Å². The molecule has 0 aliphatic heterocycles. The molecule has 0 fully saturated rings. The van der Waals surface area contributed by atoms with Crippen LogP contribution >= 0.6 is 27.5 Å². The zero-order valence-electron chi connectivity index (χ0n) is 9.90. The highest BCUT2D eigenvalue weighted by atomic mass is 79.9. The van der Waals surface area contributed by atoms with Crippen LogP contribution in [0.4, 0.5) is 15.8 Å². The standard InChI is InChI=1S/C12H9BrClFN2O2S/c13-9-3-2-8(6-10(9)14)17-20(18,19)12-5-7(16)1-4-11(12)15/h1-6,17H,16H2. The monoisotopic (exact) mass is 378 g/mol. The Bertz CT molecular complexity index is 768. The summed E-state index contributed by atoms with van der Waals surface area (Å²) >= 11 is 9.06. The van der Waals surface area contributed by atoms with Crippen molar-refractivity contribution >= 4 is 48.9 Å². The lowest BCUT2D eigenvalue weighted by Crippen LogP contribution is -2.15. The minimum absolute atomic E-state index is 0.153. The van der Waals surface area contributed by atoms with E-state index in [1.54, 1.807) is 6.07 Å². The molecule has 0 saturated heterocycles. The lowest BCUT2D eigenvalue weighted by atomic mass is 10.3. The molecule has 0 amide bonds. The molecule has 0 bridgehead atoms. The number of nitrogens with one attached hydrogen (secondary N) is 1. The third-order valence-electron chi connectivity index (χ3n) is 2.42. The number of hydrogen-bond acceptors (Lipinski definition) is 3. The van der Waals surface area contributed by atoms with Crippen LogP contribution in [0.15, 0.2) is 45.8 Å². The first kappa shape index (κ1) is 15.1. The first-order valence-electron chi connectivity index (χ1n) is 5.32. The summed E-state index contributed by atoms with van der Waals surface area (Å²) in [6, 6.07) is 7.82. The molecule has 0 heterocycles. The molecule has 4 nitrogen and oxygen atoms in total. The molecular formula is C12H9BrClFN2O2S. The normalized spacial score (nSPS) is 11.3. The second-order valence-corrected chi connectivity index (χ2v) is 6.84. The van der Waals surface area contributed by atoms with E-state index in [4.69, 9.17) is 17.3 Å². The lowest BCUT2D eigenvalue weighted by molar-refractivity contribution is 0.570. The van der Waals surface area contributed by atoms with Gasteiger partial charge in [0.05, 0.1) is 10.7 Å². The van der Waals surface area contributed by atoms with E-state index >= 15 is 0 Å². The first-order valence-corrected chi connectivity index (χ1v) is 7.98. The van der Waals surface area contributed by atoms with E-state index in [0.717, 1.165) is 12.1 Å². The second-order valence-electron chi connectivity index (χ2n) is 3.92. The fourth-order valence-electron chi connectivity index (χ4n) is 1.50. The molecule has 2 rings (SSSR count). The molecular weight excluding hydrogens is 371 g/mol. The van der Waals surface area contributed by atoms with Crippen molar-refractivity contribution in [3.63, 3.8) is 0 Å². The van der Waals surface area contributed by atoms with Gasteiger partial charge >= 0.3 is 0 Å². The van der Waals surface area contributed by atoms with E-state index in [-0.39, 0.29) is 11.4 Å². The Labute approximate surface area is 128 Å². The summed E-state index contributed by atoms with van der Waals surface area (Å²) in [5.41, 5.74) is 5.85. The predicted octanol–water partition coefficient (Wildman–Crippen LogP) is 3.62. The van der Waals surface area contributed by atoms with Gasteiger partial charge in [0, 0.05) is 10.2 Å². The van der Waals surface area contributed by atoms with E-state index in [1.165, 1.54) is 18.2 Å². The van der Waals surface area contributed by atoms with Crippen LogP contribution in [0.2, 0.25) is 5.02 Å². The summed E-state index contributed by atoms with van der Waals surface area (Å²) in [5, 5.41) is 0.332. The second kappa shape index (κ2) is 5.59. The molecule has 0 atom stereocenters. The molecule has 2 aromatic rings. The predicted molar refractivity (Wildman–Crippen MR) is 80.8 cm³/mol. The van der Waals surface area contributed by atoms with Gasteiger partial charge in [-0.2, -0.15) is 0 Å². The smallest absolute Gasteiger partial charge is 0.264 e. The van der Waals surface area contributed by atoms with Gasteiger partial charge in [0.1, 0.15) is 10.7 Å². The fraction of sp³-hybridized carbons (Fsp3) is 0. The number of hydrogen-bond donors (Lipinski definition) is 2. The van der Waals surface area contributed by atoms with E-state index in [0.29, 0.717) is 9.50 Å². The number of sulfonamides is 1. The van der Waals surface area contributed by atoms with Crippen molar-refractivity contribution in [3.05, 3.63) is 51.7 Å². The van der Waals surface area contributed by atoms with Gasteiger partial charge < -0.3 is 5.73 Å². The average Bonchev–Trinajstić information content (AvgIpc) is 2.36.